The van der Waals surface area contributed by atoms with E-state index in [2.05, 4.69) is 5.32 Å². The minimum Gasteiger partial charge on any atom is -0.484 e. The highest BCUT2D eigenvalue weighted by atomic mass is 16.5. The van der Waals surface area contributed by atoms with E-state index in [4.69, 9.17) is 4.74 Å². The van der Waals surface area contributed by atoms with Crippen LogP contribution in [0.4, 0.5) is 0 Å². The Labute approximate surface area is 202 Å². The number of carbonyl (C=O) groups is 2. The Balaban J connectivity index is 1.91. The predicted molar refractivity (Wildman–Crippen MR) is 135 cm³/mol. The van der Waals surface area contributed by atoms with Gasteiger partial charge in [-0.2, -0.15) is 0 Å². The van der Waals surface area contributed by atoms with Gasteiger partial charge in [-0.1, -0.05) is 85.3 Å². The van der Waals surface area contributed by atoms with Gasteiger partial charge in [-0.25, -0.2) is 0 Å². The first-order chi connectivity index (χ1) is 16.5. The van der Waals surface area contributed by atoms with Crippen molar-refractivity contribution in [3.8, 4) is 5.75 Å². The van der Waals surface area contributed by atoms with E-state index >= 15 is 0 Å². The van der Waals surface area contributed by atoms with Gasteiger partial charge >= 0.3 is 0 Å². The van der Waals surface area contributed by atoms with Crippen molar-refractivity contribution in [3.63, 3.8) is 0 Å². The molecule has 0 fully saturated rings. The summed E-state index contributed by atoms with van der Waals surface area (Å²) in [6.07, 6.45) is 1.23. The van der Waals surface area contributed by atoms with Gasteiger partial charge < -0.3 is 15.0 Å². The van der Waals surface area contributed by atoms with E-state index < -0.39 is 6.04 Å². The normalized spacial score (nSPS) is 12.4. The second-order valence-electron chi connectivity index (χ2n) is 8.64. The van der Waals surface area contributed by atoms with Crippen molar-refractivity contribution in [1.82, 2.24) is 10.2 Å². The second-order valence-corrected chi connectivity index (χ2v) is 8.64. The van der Waals surface area contributed by atoms with Crippen LogP contribution in [0.3, 0.4) is 0 Å². The first-order valence-electron chi connectivity index (χ1n) is 11.8. The van der Waals surface area contributed by atoms with Crippen molar-refractivity contribution in [2.75, 3.05) is 6.61 Å². The van der Waals surface area contributed by atoms with Gasteiger partial charge in [0.15, 0.2) is 6.61 Å². The smallest absolute Gasteiger partial charge is 0.261 e. The minimum atomic E-state index is -0.663. The molecule has 0 unspecified atom stereocenters. The average Bonchev–Trinajstić information content (AvgIpc) is 2.85. The Bertz CT molecular complexity index is 1050. The van der Waals surface area contributed by atoms with E-state index in [-0.39, 0.29) is 24.5 Å². The summed E-state index contributed by atoms with van der Waals surface area (Å²) in [5, 5.41) is 3.08. The predicted octanol–water partition coefficient (Wildman–Crippen LogP) is 4.93. The average molecular weight is 459 g/mol. The summed E-state index contributed by atoms with van der Waals surface area (Å²) >= 11 is 0. The van der Waals surface area contributed by atoms with Crippen LogP contribution in [0.5, 0.6) is 5.75 Å². The van der Waals surface area contributed by atoms with Gasteiger partial charge in [0.05, 0.1) is 0 Å². The zero-order chi connectivity index (χ0) is 24.3. The van der Waals surface area contributed by atoms with E-state index in [1.807, 2.05) is 106 Å². The van der Waals surface area contributed by atoms with E-state index in [9.17, 15) is 9.59 Å². The Morgan fingerprint density at radius 3 is 2.21 bits per heavy atom. The standard InChI is InChI=1S/C29H34N2O3/c1-4-23(3)30-29(33)27(19-24-13-7-5-8-14-24)31(20-25-15-11-12-22(2)18-25)28(32)21-34-26-16-9-6-10-17-26/h5-18,23,27H,4,19-21H2,1-3H3,(H,30,33)/t23-,27-/m1/s1. The lowest BCUT2D eigenvalue weighted by Crippen LogP contribution is -2.53. The highest BCUT2D eigenvalue weighted by molar-refractivity contribution is 5.88. The quantitative estimate of drug-likeness (QED) is 0.443. The van der Waals surface area contributed by atoms with E-state index in [0.717, 1.165) is 23.1 Å². The molecule has 0 aliphatic carbocycles. The largest absolute Gasteiger partial charge is 0.484 e. The number of hydrogen-bond acceptors (Lipinski definition) is 3. The SMILES string of the molecule is CC[C@@H](C)NC(=O)[C@@H](Cc1ccccc1)N(Cc1cccc(C)c1)C(=O)COc1ccccc1. The van der Waals surface area contributed by atoms with Crippen LogP contribution < -0.4 is 10.1 Å². The number of nitrogens with one attached hydrogen (secondary N) is 1. The summed E-state index contributed by atoms with van der Waals surface area (Å²) in [6, 6.07) is 26.4. The van der Waals surface area contributed by atoms with Crippen molar-refractivity contribution >= 4 is 11.8 Å². The Kier molecular flexibility index (Phi) is 9.27. The van der Waals surface area contributed by atoms with Crippen LogP contribution in [-0.2, 0) is 22.6 Å². The molecule has 2 atom stereocenters. The van der Waals surface area contributed by atoms with Crippen LogP contribution in [0.25, 0.3) is 0 Å². The Hall–Kier alpha value is -3.60. The molecule has 0 saturated carbocycles. The van der Waals surface area contributed by atoms with Crippen LogP contribution >= 0.6 is 0 Å². The van der Waals surface area contributed by atoms with E-state index in [0.29, 0.717) is 18.7 Å². The summed E-state index contributed by atoms with van der Waals surface area (Å²) in [5.74, 6) is 0.236. The summed E-state index contributed by atoms with van der Waals surface area (Å²) in [5.41, 5.74) is 3.08. The fourth-order valence-corrected chi connectivity index (χ4v) is 3.75. The molecule has 0 saturated heterocycles. The van der Waals surface area contributed by atoms with Crippen LogP contribution in [0.15, 0.2) is 84.9 Å². The maximum atomic E-state index is 13.5. The molecular weight excluding hydrogens is 424 g/mol. The fraction of sp³-hybridized carbons (Fsp3) is 0.310. The van der Waals surface area contributed by atoms with Crippen LogP contribution in [-0.4, -0.2) is 35.4 Å². The molecule has 2 amide bonds. The number of aryl methyl sites for hydroxylation is 1. The zero-order valence-electron chi connectivity index (χ0n) is 20.2. The molecule has 0 aliphatic heterocycles. The van der Waals surface area contributed by atoms with Gasteiger partial charge in [-0.3, -0.25) is 9.59 Å². The number of benzene rings is 3. The van der Waals surface area contributed by atoms with Crippen molar-refractivity contribution in [3.05, 3.63) is 102 Å². The Morgan fingerprint density at radius 1 is 0.912 bits per heavy atom. The molecule has 3 rings (SSSR count). The fourth-order valence-electron chi connectivity index (χ4n) is 3.75. The molecule has 3 aromatic carbocycles. The van der Waals surface area contributed by atoms with Crippen LogP contribution in [0.2, 0.25) is 0 Å². The minimum absolute atomic E-state index is 0.0160. The van der Waals surface area contributed by atoms with Gasteiger partial charge in [0.2, 0.25) is 5.91 Å². The van der Waals surface area contributed by atoms with E-state index in [1.165, 1.54) is 0 Å². The number of hydrogen-bond donors (Lipinski definition) is 1. The lowest BCUT2D eigenvalue weighted by molar-refractivity contribution is -0.143. The molecule has 5 nitrogen and oxygen atoms in total. The van der Waals surface area contributed by atoms with E-state index in [1.54, 1.807) is 4.90 Å². The number of amides is 2. The molecule has 1 N–H and O–H groups in total. The Morgan fingerprint density at radius 2 is 1.56 bits per heavy atom. The summed E-state index contributed by atoms with van der Waals surface area (Å²) < 4.78 is 5.77. The number of para-hydroxylation sites is 1. The first-order valence-corrected chi connectivity index (χ1v) is 11.8. The molecule has 0 aliphatic rings. The number of rotatable bonds is 11. The first kappa shape index (κ1) is 25.0. The highest BCUT2D eigenvalue weighted by Gasteiger charge is 2.31. The second kappa shape index (κ2) is 12.6. The van der Waals surface area contributed by atoms with Crippen molar-refractivity contribution in [2.45, 2.75) is 52.2 Å². The molecule has 5 heteroatoms. The molecule has 0 spiro atoms. The van der Waals surface area contributed by atoms with Gasteiger partial charge in [-0.05, 0) is 43.5 Å². The van der Waals surface area contributed by atoms with Gasteiger partial charge in [-0.15, -0.1) is 0 Å². The number of ether oxygens (including phenoxy) is 1. The van der Waals surface area contributed by atoms with Crippen molar-refractivity contribution in [1.29, 1.82) is 0 Å². The lowest BCUT2D eigenvalue weighted by atomic mass is 10.0. The third kappa shape index (κ3) is 7.48. The van der Waals surface area contributed by atoms with Gasteiger partial charge in [0, 0.05) is 19.0 Å². The van der Waals surface area contributed by atoms with Gasteiger partial charge in [0.25, 0.3) is 5.91 Å². The molecule has 178 valence electrons. The maximum absolute atomic E-state index is 13.5. The number of carbonyl (C=O) groups excluding carboxylic acids is 2. The van der Waals surface area contributed by atoms with Gasteiger partial charge in [0.1, 0.15) is 11.8 Å². The summed E-state index contributed by atoms with van der Waals surface area (Å²) in [4.78, 5) is 28.6. The topological polar surface area (TPSA) is 58.6 Å². The molecular formula is C29H34N2O3. The molecule has 3 aromatic rings. The maximum Gasteiger partial charge on any atom is 0.261 e. The molecule has 0 bridgehead atoms. The molecule has 0 radical (unpaired) electrons. The highest BCUT2D eigenvalue weighted by Crippen LogP contribution is 2.17. The van der Waals surface area contributed by atoms with Crippen LogP contribution in [0.1, 0.15) is 37.0 Å². The monoisotopic (exact) mass is 458 g/mol. The molecule has 0 aromatic heterocycles. The summed E-state index contributed by atoms with van der Waals surface area (Å²) in [6.45, 7) is 6.20. The number of nitrogens with zero attached hydrogens (tertiary/aromatic N) is 1. The third-order valence-corrected chi connectivity index (χ3v) is 5.81. The van der Waals surface area contributed by atoms with Crippen molar-refractivity contribution < 1.29 is 14.3 Å². The van der Waals surface area contributed by atoms with Crippen LogP contribution in [0, 0.1) is 6.92 Å². The summed E-state index contributed by atoms with van der Waals surface area (Å²) in [7, 11) is 0. The van der Waals surface area contributed by atoms with Crippen molar-refractivity contribution in [2.24, 2.45) is 0 Å². The third-order valence-electron chi connectivity index (χ3n) is 5.81. The zero-order valence-corrected chi connectivity index (χ0v) is 20.2. The lowest BCUT2D eigenvalue weighted by Gasteiger charge is -2.32. The molecule has 34 heavy (non-hydrogen) atoms. The molecule has 0 heterocycles.